The Morgan fingerprint density at radius 2 is 1.93 bits per heavy atom. The van der Waals surface area contributed by atoms with Crippen LogP contribution in [-0.4, -0.2) is 46.4 Å². The Hall–Kier alpha value is -2.76. The van der Waals surface area contributed by atoms with Gasteiger partial charge in [0.05, 0.1) is 19.4 Å². The highest BCUT2D eigenvalue weighted by atomic mass is 16.5. The van der Waals surface area contributed by atoms with Gasteiger partial charge in [-0.25, -0.2) is 0 Å². The molecule has 0 aliphatic carbocycles. The predicted molar refractivity (Wildman–Crippen MR) is 103 cm³/mol. The highest BCUT2D eigenvalue weighted by molar-refractivity contribution is 5.86. The lowest BCUT2D eigenvalue weighted by Crippen LogP contribution is -2.42. The fourth-order valence-corrected chi connectivity index (χ4v) is 3.31. The summed E-state index contributed by atoms with van der Waals surface area (Å²) in [5.41, 5.74) is 1.45. The second kappa shape index (κ2) is 9.80. The summed E-state index contributed by atoms with van der Waals surface area (Å²) in [6.07, 6.45) is 5.09. The first-order valence-electron chi connectivity index (χ1n) is 9.17. The van der Waals surface area contributed by atoms with Crippen molar-refractivity contribution < 1.29 is 14.3 Å². The van der Waals surface area contributed by atoms with Gasteiger partial charge in [0.15, 0.2) is 0 Å². The molecule has 2 unspecified atom stereocenters. The van der Waals surface area contributed by atoms with E-state index in [1.165, 1.54) is 7.11 Å². The number of hydrogen-bond donors (Lipinski definition) is 0. The van der Waals surface area contributed by atoms with Crippen LogP contribution >= 0.6 is 0 Å². The van der Waals surface area contributed by atoms with Crippen molar-refractivity contribution in [1.82, 2.24) is 14.9 Å². The molecule has 144 valence electrons. The molecule has 0 fully saturated rings. The van der Waals surface area contributed by atoms with E-state index in [1.807, 2.05) is 49.9 Å². The Balaban J connectivity index is 2.56. The summed E-state index contributed by atoms with van der Waals surface area (Å²) in [6.45, 7) is 6.50. The monoisotopic (exact) mass is 369 g/mol. The number of methoxy groups -OCH3 is 1. The molecule has 2 rings (SSSR count). The van der Waals surface area contributed by atoms with Gasteiger partial charge in [-0.05, 0) is 44.5 Å². The third-order valence-electron chi connectivity index (χ3n) is 4.64. The highest BCUT2D eigenvalue weighted by Gasteiger charge is 2.37. The third kappa shape index (κ3) is 5.12. The number of aromatic nitrogens is 2. The van der Waals surface area contributed by atoms with Crippen LogP contribution in [0.3, 0.4) is 0 Å². The summed E-state index contributed by atoms with van der Waals surface area (Å²) in [4.78, 5) is 36.1. The van der Waals surface area contributed by atoms with Gasteiger partial charge in [0.2, 0.25) is 5.91 Å². The fraction of sp³-hybridized carbons (Fsp3) is 0.429. The number of nitrogens with zero attached hydrogens (tertiary/aromatic N) is 3. The second-order valence-corrected chi connectivity index (χ2v) is 6.62. The third-order valence-corrected chi connectivity index (χ3v) is 4.64. The van der Waals surface area contributed by atoms with Gasteiger partial charge in [-0.1, -0.05) is 12.1 Å². The van der Waals surface area contributed by atoms with E-state index in [0.717, 1.165) is 5.56 Å². The van der Waals surface area contributed by atoms with Crippen molar-refractivity contribution in [2.24, 2.45) is 0 Å². The van der Waals surface area contributed by atoms with Gasteiger partial charge in [-0.3, -0.25) is 19.6 Å². The lowest BCUT2D eigenvalue weighted by Gasteiger charge is -2.33. The number of ether oxygens (including phenoxy) is 1. The van der Waals surface area contributed by atoms with E-state index in [9.17, 15) is 9.59 Å². The molecule has 0 aliphatic rings. The molecule has 0 saturated heterocycles. The van der Waals surface area contributed by atoms with Crippen molar-refractivity contribution in [2.45, 2.75) is 45.1 Å². The van der Waals surface area contributed by atoms with Crippen LogP contribution in [0.5, 0.6) is 0 Å². The second-order valence-electron chi connectivity index (χ2n) is 6.62. The molecule has 0 spiro atoms. The van der Waals surface area contributed by atoms with E-state index in [-0.39, 0.29) is 24.3 Å². The summed E-state index contributed by atoms with van der Waals surface area (Å²) >= 11 is 0. The topological polar surface area (TPSA) is 72.4 Å². The Bertz CT molecular complexity index is 735. The maximum Gasteiger partial charge on any atom is 0.306 e. The van der Waals surface area contributed by atoms with E-state index in [4.69, 9.17) is 4.74 Å². The Labute approximate surface area is 160 Å². The summed E-state index contributed by atoms with van der Waals surface area (Å²) in [6, 6.07) is 9.23. The molecule has 2 aromatic heterocycles. The zero-order chi connectivity index (χ0) is 19.8. The first-order valence-corrected chi connectivity index (χ1v) is 9.17. The largest absolute Gasteiger partial charge is 0.469 e. The predicted octanol–water partition coefficient (Wildman–Crippen LogP) is 3.16. The van der Waals surface area contributed by atoms with Crippen molar-refractivity contribution in [1.29, 1.82) is 0 Å². The van der Waals surface area contributed by atoms with Crippen LogP contribution in [0.25, 0.3) is 0 Å². The molecule has 6 nitrogen and oxygen atoms in total. The first kappa shape index (κ1) is 20.6. The van der Waals surface area contributed by atoms with Crippen LogP contribution in [0.4, 0.5) is 0 Å². The van der Waals surface area contributed by atoms with E-state index >= 15 is 0 Å². The lowest BCUT2D eigenvalue weighted by molar-refractivity contribution is -0.142. The van der Waals surface area contributed by atoms with Crippen LogP contribution in [0, 0.1) is 0 Å². The van der Waals surface area contributed by atoms with Gasteiger partial charge in [0.1, 0.15) is 0 Å². The molecule has 27 heavy (non-hydrogen) atoms. The van der Waals surface area contributed by atoms with Crippen molar-refractivity contribution in [2.75, 3.05) is 13.7 Å². The zero-order valence-electron chi connectivity index (χ0n) is 16.3. The number of pyridine rings is 2. The van der Waals surface area contributed by atoms with Crippen molar-refractivity contribution in [3.05, 3.63) is 60.2 Å². The summed E-state index contributed by atoms with van der Waals surface area (Å²) in [5, 5.41) is 0. The molecule has 0 N–H and O–H groups in total. The molecule has 0 radical (unpaired) electrons. The van der Waals surface area contributed by atoms with Crippen molar-refractivity contribution >= 4 is 11.9 Å². The maximum absolute atomic E-state index is 13.5. The highest BCUT2D eigenvalue weighted by Crippen LogP contribution is 2.36. The first-order chi connectivity index (χ1) is 13.0. The van der Waals surface area contributed by atoms with Crippen LogP contribution in [-0.2, 0) is 14.3 Å². The molecular weight excluding hydrogens is 342 g/mol. The van der Waals surface area contributed by atoms with Crippen molar-refractivity contribution in [3.8, 4) is 0 Å². The zero-order valence-corrected chi connectivity index (χ0v) is 16.3. The maximum atomic E-state index is 13.5. The quantitative estimate of drug-likeness (QED) is 0.668. The SMILES string of the molecule is CCN(C(=O)C(c1cccnc1)C(CC(=O)OC)c1ccccn1)C(C)C. The van der Waals surface area contributed by atoms with Gasteiger partial charge < -0.3 is 9.64 Å². The molecule has 2 atom stereocenters. The molecule has 0 bridgehead atoms. The number of hydrogen-bond acceptors (Lipinski definition) is 5. The van der Waals surface area contributed by atoms with Crippen LogP contribution in [0.15, 0.2) is 48.9 Å². The number of likely N-dealkylation sites (N-methyl/N-ethyl adjacent to an activating group) is 1. The Kier molecular flexibility index (Phi) is 7.46. The molecule has 2 aromatic rings. The minimum atomic E-state index is -0.574. The van der Waals surface area contributed by atoms with Gasteiger partial charge in [0.25, 0.3) is 0 Å². The molecule has 0 saturated carbocycles. The van der Waals surface area contributed by atoms with Crippen molar-refractivity contribution in [3.63, 3.8) is 0 Å². The molecule has 0 aromatic carbocycles. The minimum absolute atomic E-state index is 0.0416. The number of carbonyl (C=O) groups is 2. The van der Waals surface area contributed by atoms with Gasteiger partial charge >= 0.3 is 5.97 Å². The fourth-order valence-electron chi connectivity index (χ4n) is 3.31. The lowest BCUT2D eigenvalue weighted by atomic mass is 9.80. The van der Waals surface area contributed by atoms with E-state index in [2.05, 4.69) is 9.97 Å². The molecule has 1 amide bonds. The smallest absolute Gasteiger partial charge is 0.306 e. The average Bonchev–Trinajstić information content (AvgIpc) is 2.69. The Morgan fingerprint density at radius 1 is 1.15 bits per heavy atom. The summed E-state index contributed by atoms with van der Waals surface area (Å²) in [5.74, 6) is -1.43. The Morgan fingerprint density at radius 3 is 2.44 bits per heavy atom. The van der Waals surface area contributed by atoms with E-state index in [1.54, 1.807) is 24.7 Å². The van der Waals surface area contributed by atoms with Crippen LogP contribution in [0.2, 0.25) is 0 Å². The number of carbonyl (C=O) groups excluding carboxylic acids is 2. The molecule has 0 aliphatic heterocycles. The van der Waals surface area contributed by atoms with Crippen LogP contribution in [0.1, 0.15) is 50.3 Å². The standard InChI is InChI=1S/C21H27N3O3/c1-5-24(15(2)3)21(26)20(16-9-8-11-22-14-16)17(13-19(25)27-4)18-10-6-7-12-23-18/h6-12,14-15,17,20H,5,13H2,1-4H3. The molecular formula is C21H27N3O3. The van der Waals surface area contributed by atoms with E-state index < -0.39 is 11.8 Å². The summed E-state index contributed by atoms with van der Waals surface area (Å²) in [7, 11) is 1.35. The molecule has 2 heterocycles. The average molecular weight is 369 g/mol. The minimum Gasteiger partial charge on any atom is -0.469 e. The number of amides is 1. The number of esters is 1. The van der Waals surface area contributed by atoms with Crippen LogP contribution < -0.4 is 0 Å². The van der Waals surface area contributed by atoms with Gasteiger partial charge in [0, 0.05) is 42.8 Å². The normalized spacial score (nSPS) is 13.1. The van der Waals surface area contributed by atoms with Gasteiger partial charge in [-0.15, -0.1) is 0 Å². The number of rotatable bonds is 8. The van der Waals surface area contributed by atoms with Gasteiger partial charge in [-0.2, -0.15) is 0 Å². The van der Waals surface area contributed by atoms with E-state index in [0.29, 0.717) is 12.2 Å². The molecule has 6 heteroatoms. The summed E-state index contributed by atoms with van der Waals surface area (Å²) < 4.78 is 4.89.